The van der Waals surface area contributed by atoms with Gasteiger partial charge in [-0.25, -0.2) is 0 Å². The van der Waals surface area contributed by atoms with E-state index in [1.54, 1.807) is 18.2 Å². The van der Waals surface area contributed by atoms with Gasteiger partial charge in [-0.3, -0.25) is 9.00 Å². The van der Waals surface area contributed by atoms with Crippen molar-refractivity contribution in [2.75, 3.05) is 18.1 Å². The van der Waals surface area contributed by atoms with Crippen LogP contribution in [0.4, 0.5) is 5.69 Å². The number of carbonyl (C=O) groups is 1. The molecule has 0 spiro atoms. The van der Waals surface area contributed by atoms with Crippen LogP contribution in [0, 0.1) is 0 Å². The molecule has 21 heavy (non-hydrogen) atoms. The highest BCUT2D eigenvalue weighted by Crippen LogP contribution is 2.23. The minimum Gasteiger partial charge on any atom is -0.494 e. The molecule has 0 aromatic heterocycles. The van der Waals surface area contributed by atoms with Gasteiger partial charge in [0.05, 0.1) is 22.3 Å². The topological polar surface area (TPSA) is 81.4 Å². The molecule has 1 saturated carbocycles. The Kier molecular flexibility index (Phi) is 5.61. The number of anilines is 1. The van der Waals surface area contributed by atoms with Gasteiger partial charge in [-0.05, 0) is 38.0 Å². The van der Waals surface area contributed by atoms with Gasteiger partial charge in [-0.2, -0.15) is 0 Å². The van der Waals surface area contributed by atoms with Crippen molar-refractivity contribution < 1.29 is 13.7 Å². The minimum absolute atomic E-state index is 0.0592. The van der Waals surface area contributed by atoms with E-state index in [0.29, 0.717) is 22.9 Å². The number of nitrogens with one attached hydrogen (secondary N) is 1. The van der Waals surface area contributed by atoms with Crippen molar-refractivity contribution in [2.24, 2.45) is 0 Å². The maximum Gasteiger partial charge on any atom is 0.233 e. The second kappa shape index (κ2) is 7.45. The molecule has 1 unspecified atom stereocenters. The molecule has 3 N–H and O–H groups in total. The van der Waals surface area contributed by atoms with E-state index in [4.69, 9.17) is 10.5 Å². The molecule has 1 aliphatic carbocycles. The van der Waals surface area contributed by atoms with E-state index in [2.05, 4.69) is 5.32 Å². The predicted octanol–water partition coefficient (Wildman–Crippen LogP) is 1.83. The van der Waals surface area contributed by atoms with Crippen molar-refractivity contribution in [3.63, 3.8) is 0 Å². The Morgan fingerprint density at radius 2 is 2.14 bits per heavy atom. The highest BCUT2D eigenvalue weighted by atomic mass is 32.2. The van der Waals surface area contributed by atoms with Gasteiger partial charge in [-0.1, -0.05) is 12.8 Å². The molecule has 1 amide bonds. The SMILES string of the molecule is CCOc1ccc(N)c(S(=O)CC(=O)NC2CCCC2)c1. The van der Waals surface area contributed by atoms with Crippen LogP contribution in [0.1, 0.15) is 32.6 Å². The Morgan fingerprint density at radius 3 is 2.81 bits per heavy atom. The van der Waals surface area contributed by atoms with E-state index in [1.807, 2.05) is 6.92 Å². The van der Waals surface area contributed by atoms with Crippen LogP contribution in [-0.2, 0) is 15.6 Å². The summed E-state index contributed by atoms with van der Waals surface area (Å²) in [5.74, 6) is 0.378. The molecule has 116 valence electrons. The van der Waals surface area contributed by atoms with Crippen LogP contribution in [-0.4, -0.2) is 28.5 Å². The third-order valence-corrected chi connectivity index (χ3v) is 4.89. The van der Waals surface area contributed by atoms with Gasteiger partial charge in [0, 0.05) is 11.7 Å². The van der Waals surface area contributed by atoms with Crippen LogP contribution < -0.4 is 15.8 Å². The lowest BCUT2D eigenvalue weighted by Gasteiger charge is -2.12. The maximum absolute atomic E-state index is 12.3. The van der Waals surface area contributed by atoms with Crippen molar-refractivity contribution in [1.29, 1.82) is 0 Å². The lowest BCUT2D eigenvalue weighted by Crippen LogP contribution is -2.35. The summed E-state index contributed by atoms with van der Waals surface area (Å²) < 4.78 is 17.7. The molecule has 6 heteroatoms. The monoisotopic (exact) mass is 310 g/mol. The first kappa shape index (κ1) is 15.8. The fourth-order valence-corrected chi connectivity index (χ4v) is 3.56. The minimum atomic E-state index is -1.46. The summed E-state index contributed by atoms with van der Waals surface area (Å²) in [4.78, 5) is 12.4. The molecule has 1 atom stereocenters. The van der Waals surface area contributed by atoms with Gasteiger partial charge in [0.15, 0.2) is 0 Å². The Balaban J connectivity index is 1.98. The quantitative estimate of drug-likeness (QED) is 0.786. The first-order valence-electron chi connectivity index (χ1n) is 7.30. The molecule has 0 heterocycles. The van der Waals surface area contributed by atoms with Crippen LogP contribution >= 0.6 is 0 Å². The lowest BCUT2D eigenvalue weighted by molar-refractivity contribution is -0.119. The Morgan fingerprint density at radius 1 is 1.43 bits per heavy atom. The lowest BCUT2D eigenvalue weighted by atomic mass is 10.2. The zero-order valence-corrected chi connectivity index (χ0v) is 13.1. The summed E-state index contributed by atoms with van der Waals surface area (Å²) in [5, 5.41) is 2.93. The van der Waals surface area contributed by atoms with Gasteiger partial charge in [0.25, 0.3) is 0 Å². The first-order chi connectivity index (χ1) is 10.1. The van der Waals surface area contributed by atoms with Crippen molar-refractivity contribution in [2.45, 2.75) is 43.5 Å². The third-order valence-electron chi connectivity index (χ3n) is 3.52. The molecule has 0 radical (unpaired) electrons. The van der Waals surface area contributed by atoms with E-state index >= 15 is 0 Å². The highest BCUT2D eigenvalue weighted by molar-refractivity contribution is 7.86. The second-order valence-electron chi connectivity index (χ2n) is 5.17. The Bertz CT molecular complexity index is 528. The zero-order valence-electron chi connectivity index (χ0n) is 12.3. The van der Waals surface area contributed by atoms with Crippen LogP contribution in [0.5, 0.6) is 5.75 Å². The van der Waals surface area contributed by atoms with Gasteiger partial charge in [-0.15, -0.1) is 0 Å². The Labute approximate surface area is 127 Å². The van der Waals surface area contributed by atoms with E-state index in [1.165, 1.54) is 0 Å². The predicted molar refractivity (Wildman–Crippen MR) is 83.7 cm³/mol. The van der Waals surface area contributed by atoms with E-state index < -0.39 is 10.8 Å². The molecular weight excluding hydrogens is 288 g/mol. The average molecular weight is 310 g/mol. The summed E-state index contributed by atoms with van der Waals surface area (Å²) in [6.07, 6.45) is 4.33. The van der Waals surface area contributed by atoms with Gasteiger partial charge < -0.3 is 15.8 Å². The molecule has 1 fully saturated rings. The fraction of sp³-hybridized carbons (Fsp3) is 0.533. The molecule has 0 aliphatic heterocycles. The number of nitrogen functional groups attached to an aromatic ring is 1. The molecule has 0 saturated heterocycles. The number of amides is 1. The van der Waals surface area contributed by atoms with Crippen LogP contribution in [0.3, 0.4) is 0 Å². The molecular formula is C15H22N2O3S. The normalized spacial score (nSPS) is 16.6. The van der Waals surface area contributed by atoms with Crippen LogP contribution in [0.2, 0.25) is 0 Å². The first-order valence-corrected chi connectivity index (χ1v) is 8.62. The van der Waals surface area contributed by atoms with Gasteiger partial charge >= 0.3 is 0 Å². The zero-order chi connectivity index (χ0) is 15.2. The van der Waals surface area contributed by atoms with Crippen LogP contribution in [0.15, 0.2) is 23.1 Å². The number of ether oxygens (including phenoxy) is 1. The van der Waals surface area contributed by atoms with Gasteiger partial charge in [0.2, 0.25) is 5.91 Å². The molecule has 5 nitrogen and oxygen atoms in total. The van der Waals surface area contributed by atoms with E-state index in [9.17, 15) is 9.00 Å². The number of hydrogen-bond acceptors (Lipinski definition) is 4. The summed E-state index contributed by atoms with van der Waals surface area (Å²) in [7, 11) is -1.46. The molecule has 1 aromatic rings. The summed E-state index contributed by atoms with van der Waals surface area (Å²) in [5.41, 5.74) is 6.27. The number of hydrogen-bond donors (Lipinski definition) is 2. The molecule has 0 bridgehead atoms. The van der Waals surface area contributed by atoms with Crippen LogP contribution in [0.25, 0.3) is 0 Å². The largest absolute Gasteiger partial charge is 0.494 e. The highest BCUT2D eigenvalue weighted by Gasteiger charge is 2.19. The maximum atomic E-state index is 12.3. The Hall–Kier alpha value is -1.56. The third kappa shape index (κ3) is 4.46. The standard InChI is InChI=1S/C15H22N2O3S/c1-2-20-12-7-8-13(16)14(9-12)21(19)10-15(18)17-11-5-3-4-6-11/h7-9,11H,2-6,10,16H2,1H3,(H,17,18). The number of benzene rings is 1. The number of nitrogens with two attached hydrogens (primary N) is 1. The number of carbonyl (C=O) groups excluding carboxylic acids is 1. The van der Waals surface area contributed by atoms with Crippen molar-refractivity contribution in [1.82, 2.24) is 5.32 Å². The molecule has 2 rings (SSSR count). The molecule has 1 aromatic carbocycles. The fourth-order valence-electron chi connectivity index (χ4n) is 2.50. The van der Waals surface area contributed by atoms with Crippen molar-refractivity contribution >= 4 is 22.4 Å². The average Bonchev–Trinajstić information content (AvgIpc) is 2.93. The summed E-state index contributed by atoms with van der Waals surface area (Å²) >= 11 is 0. The summed E-state index contributed by atoms with van der Waals surface area (Å²) in [6.45, 7) is 2.40. The number of rotatable bonds is 6. The summed E-state index contributed by atoms with van der Waals surface area (Å²) in [6, 6.07) is 5.28. The van der Waals surface area contributed by atoms with E-state index in [0.717, 1.165) is 25.7 Å². The molecule has 1 aliphatic rings. The van der Waals surface area contributed by atoms with E-state index in [-0.39, 0.29) is 17.7 Å². The van der Waals surface area contributed by atoms with Crippen molar-refractivity contribution in [3.8, 4) is 5.75 Å². The second-order valence-corrected chi connectivity index (χ2v) is 6.59. The van der Waals surface area contributed by atoms with Gasteiger partial charge in [0.1, 0.15) is 11.5 Å². The smallest absolute Gasteiger partial charge is 0.233 e. The van der Waals surface area contributed by atoms with Crippen molar-refractivity contribution in [3.05, 3.63) is 18.2 Å².